The van der Waals surface area contributed by atoms with Gasteiger partial charge < -0.3 is 10.0 Å². The molecule has 2 bridgehead atoms. The van der Waals surface area contributed by atoms with Gasteiger partial charge in [0, 0.05) is 29.0 Å². The number of carbonyl (C=O) groups is 1. The number of carboxylic acid groups (broad SMARTS) is 1. The molecule has 0 amide bonds. The van der Waals surface area contributed by atoms with Gasteiger partial charge in [-0.2, -0.15) is 4.37 Å². The van der Waals surface area contributed by atoms with Gasteiger partial charge in [0.25, 0.3) is 0 Å². The highest BCUT2D eigenvalue weighted by Crippen LogP contribution is 2.45. The number of fused-ring (bicyclic) bond motifs is 2. The van der Waals surface area contributed by atoms with Gasteiger partial charge in [0.05, 0.1) is 5.92 Å². The van der Waals surface area contributed by atoms with Gasteiger partial charge in [-0.05, 0) is 19.3 Å². The normalized spacial score (nSPS) is 30.1. The van der Waals surface area contributed by atoms with Gasteiger partial charge >= 0.3 is 5.97 Å². The third-order valence-corrected chi connectivity index (χ3v) is 4.89. The quantitative estimate of drug-likeness (QED) is 0.901. The van der Waals surface area contributed by atoms with E-state index in [9.17, 15) is 9.90 Å². The molecular weight excluding hydrogens is 262 g/mol. The lowest BCUT2D eigenvalue weighted by atomic mass is 9.89. The first-order valence-electron chi connectivity index (χ1n) is 6.73. The number of nitrogens with zero attached hydrogens (tertiary/aromatic N) is 3. The zero-order valence-electron chi connectivity index (χ0n) is 11.5. The average molecular weight is 281 g/mol. The first-order valence-corrected chi connectivity index (χ1v) is 7.50. The van der Waals surface area contributed by atoms with E-state index >= 15 is 0 Å². The van der Waals surface area contributed by atoms with Gasteiger partial charge in [-0.25, -0.2) is 4.98 Å². The number of hydrogen-bond acceptors (Lipinski definition) is 5. The Hall–Kier alpha value is -1.17. The van der Waals surface area contributed by atoms with Crippen molar-refractivity contribution in [3.63, 3.8) is 0 Å². The maximum absolute atomic E-state index is 11.3. The van der Waals surface area contributed by atoms with Crippen LogP contribution >= 0.6 is 11.5 Å². The van der Waals surface area contributed by atoms with Gasteiger partial charge in [0.1, 0.15) is 5.82 Å². The summed E-state index contributed by atoms with van der Waals surface area (Å²) in [5, 5.41) is 10.2. The van der Waals surface area contributed by atoms with Crippen LogP contribution in [0.25, 0.3) is 0 Å². The summed E-state index contributed by atoms with van der Waals surface area (Å²) >= 11 is 1.41. The molecule has 5 nitrogen and oxygen atoms in total. The SMILES string of the molecule is CC(C)(C)c1nsc(N2C3CCC2C(C(=O)O)C3)n1. The van der Waals surface area contributed by atoms with Crippen molar-refractivity contribution in [2.45, 2.75) is 57.5 Å². The molecule has 3 rings (SSSR count). The van der Waals surface area contributed by atoms with E-state index in [1.54, 1.807) is 0 Å². The first kappa shape index (κ1) is 12.8. The first-order chi connectivity index (χ1) is 8.88. The fourth-order valence-electron chi connectivity index (χ4n) is 3.18. The summed E-state index contributed by atoms with van der Waals surface area (Å²) in [6.07, 6.45) is 2.80. The summed E-state index contributed by atoms with van der Waals surface area (Å²) in [4.78, 5) is 18.1. The maximum atomic E-state index is 11.3. The number of aliphatic carboxylic acids is 1. The lowest BCUT2D eigenvalue weighted by molar-refractivity contribution is -0.142. The Morgan fingerprint density at radius 1 is 1.42 bits per heavy atom. The molecule has 3 atom stereocenters. The summed E-state index contributed by atoms with van der Waals surface area (Å²) in [6.45, 7) is 6.28. The second kappa shape index (κ2) is 4.16. The minimum atomic E-state index is -0.669. The van der Waals surface area contributed by atoms with Crippen LogP contribution in [-0.4, -0.2) is 32.5 Å². The highest BCUT2D eigenvalue weighted by atomic mass is 32.1. The topological polar surface area (TPSA) is 66.3 Å². The monoisotopic (exact) mass is 281 g/mol. The number of rotatable bonds is 2. The second-order valence-corrected chi connectivity index (χ2v) is 7.27. The number of hydrogen-bond donors (Lipinski definition) is 1. The van der Waals surface area contributed by atoms with Crippen molar-refractivity contribution in [1.29, 1.82) is 0 Å². The lowest BCUT2D eigenvalue weighted by Gasteiger charge is -2.21. The summed E-state index contributed by atoms with van der Waals surface area (Å²) < 4.78 is 4.44. The Bertz CT molecular complexity index is 508. The molecule has 0 aliphatic carbocycles. The van der Waals surface area contributed by atoms with Crippen molar-refractivity contribution in [3.05, 3.63) is 5.82 Å². The Morgan fingerprint density at radius 3 is 2.68 bits per heavy atom. The fraction of sp³-hybridized carbons (Fsp3) is 0.769. The molecule has 19 heavy (non-hydrogen) atoms. The summed E-state index contributed by atoms with van der Waals surface area (Å²) in [7, 11) is 0. The van der Waals surface area contributed by atoms with Crippen molar-refractivity contribution in [1.82, 2.24) is 9.36 Å². The van der Waals surface area contributed by atoms with Crippen molar-refractivity contribution in [2.75, 3.05) is 4.90 Å². The van der Waals surface area contributed by atoms with Gasteiger partial charge in [-0.15, -0.1) is 0 Å². The maximum Gasteiger partial charge on any atom is 0.308 e. The summed E-state index contributed by atoms with van der Waals surface area (Å²) in [5.41, 5.74) is -0.0558. The molecule has 0 spiro atoms. The van der Waals surface area contributed by atoms with Crippen LogP contribution < -0.4 is 4.90 Å². The van der Waals surface area contributed by atoms with E-state index in [2.05, 4.69) is 35.0 Å². The largest absolute Gasteiger partial charge is 0.481 e. The Labute approximate surface area is 116 Å². The summed E-state index contributed by atoms with van der Waals surface area (Å²) in [5.74, 6) is -0.0517. The molecule has 2 aliphatic rings. The lowest BCUT2D eigenvalue weighted by Crippen LogP contribution is -2.32. The Kier molecular flexibility index (Phi) is 2.81. The fourth-order valence-corrected chi connectivity index (χ4v) is 4.17. The molecular formula is C13H19N3O2S. The number of carboxylic acids is 1. The molecule has 0 aromatic carbocycles. The molecule has 3 unspecified atom stereocenters. The van der Waals surface area contributed by atoms with E-state index in [4.69, 9.17) is 0 Å². The van der Waals surface area contributed by atoms with Crippen LogP contribution in [0.1, 0.15) is 45.9 Å². The molecule has 3 heterocycles. The zero-order chi connectivity index (χ0) is 13.8. The molecule has 1 N–H and O–H groups in total. The minimum absolute atomic E-state index is 0.0558. The molecule has 2 aliphatic heterocycles. The van der Waals surface area contributed by atoms with Gasteiger partial charge in [-0.3, -0.25) is 4.79 Å². The molecule has 1 aromatic rings. The van der Waals surface area contributed by atoms with E-state index < -0.39 is 5.97 Å². The van der Waals surface area contributed by atoms with Gasteiger partial charge in [0.15, 0.2) is 0 Å². The van der Waals surface area contributed by atoms with E-state index in [1.807, 2.05) is 0 Å². The minimum Gasteiger partial charge on any atom is -0.481 e. The van der Waals surface area contributed by atoms with E-state index in [-0.39, 0.29) is 17.4 Å². The van der Waals surface area contributed by atoms with Crippen LogP contribution in [-0.2, 0) is 10.2 Å². The Balaban J connectivity index is 1.88. The number of anilines is 1. The molecule has 6 heteroatoms. The van der Waals surface area contributed by atoms with Crippen LogP contribution in [0.2, 0.25) is 0 Å². The molecule has 1 aromatic heterocycles. The molecule has 0 radical (unpaired) electrons. The third kappa shape index (κ3) is 2.02. The number of aromatic nitrogens is 2. The smallest absolute Gasteiger partial charge is 0.308 e. The average Bonchev–Trinajstić information content (AvgIpc) is 2.99. The van der Waals surface area contributed by atoms with Crippen LogP contribution in [0.5, 0.6) is 0 Å². The highest BCUT2D eigenvalue weighted by Gasteiger charge is 2.50. The van der Waals surface area contributed by atoms with Crippen LogP contribution in [0.15, 0.2) is 0 Å². The van der Waals surface area contributed by atoms with Crippen molar-refractivity contribution in [2.24, 2.45) is 5.92 Å². The van der Waals surface area contributed by atoms with Crippen molar-refractivity contribution < 1.29 is 9.90 Å². The van der Waals surface area contributed by atoms with Gasteiger partial charge in [0.2, 0.25) is 5.13 Å². The predicted octanol–water partition coefficient (Wildman–Crippen LogP) is 2.28. The van der Waals surface area contributed by atoms with Gasteiger partial charge in [-0.1, -0.05) is 20.8 Å². The van der Waals surface area contributed by atoms with E-state index in [0.29, 0.717) is 6.04 Å². The molecule has 2 fully saturated rings. The predicted molar refractivity (Wildman–Crippen MR) is 73.6 cm³/mol. The Morgan fingerprint density at radius 2 is 2.16 bits per heavy atom. The highest BCUT2D eigenvalue weighted by molar-refractivity contribution is 7.09. The molecule has 104 valence electrons. The molecule has 2 saturated heterocycles. The van der Waals surface area contributed by atoms with Crippen LogP contribution in [0, 0.1) is 5.92 Å². The van der Waals surface area contributed by atoms with E-state index in [0.717, 1.165) is 30.2 Å². The van der Waals surface area contributed by atoms with E-state index in [1.165, 1.54) is 11.5 Å². The standard InChI is InChI=1S/C13H19N3O2S/c1-13(2,3)11-14-12(19-15-11)16-7-4-5-9(16)8(6-7)10(17)18/h7-9H,4-6H2,1-3H3,(H,17,18). The van der Waals surface area contributed by atoms with Crippen LogP contribution in [0.3, 0.4) is 0 Å². The molecule has 0 saturated carbocycles. The zero-order valence-corrected chi connectivity index (χ0v) is 12.3. The van der Waals surface area contributed by atoms with Crippen molar-refractivity contribution in [3.8, 4) is 0 Å². The second-order valence-electron chi connectivity index (χ2n) is 6.54. The van der Waals surface area contributed by atoms with Crippen LogP contribution in [0.4, 0.5) is 5.13 Å². The van der Waals surface area contributed by atoms with Crippen molar-refractivity contribution >= 4 is 22.6 Å². The third-order valence-electron chi connectivity index (χ3n) is 4.16. The summed E-state index contributed by atoms with van der Waals surface area (Å²) in [6, 6.07) is 0.454.